The number of rotatable bonds is 41. The van der Waals surface area contributed by atoms with Gasteiger partial charge in [0.2, 0.25) is 70.9 Å². The van der Waals surface area contributed by atoms with Crippen molar-refractivity contribution >= 4 is 101 Å². The third-order valence-corrected chi connectivity index (χ3v) is 14.7. The molecule has 36 heteroatoms. The van der Waals surface area contributed by atoms with Crippen molar-refractivity contribution in [3.8, 4) is 5.75 Å². The number of thioether (sulfide) groups is 1. The highest BCUT2D eigenvalue weighted by Gasteiger charge is 2.38. The van der Waals surface area contributed by atoms with E-state index in [4.69, 9.17) is 10.8 Å². The van der Waals surface area contributed by atoms with E-state index < -0.39 is 212 Å². The summed E-state index contributed by atoms with van der Waals surface area (Å²) < 4.78 is 0. The number of aromatic hydroxyl groups is 1. The molecule has 2 rings (SSSR count). The van der Waals surface area contributed by atoms with Crippen LogP contribution in [0.3, 0.4) is 0 Å². The van der Waals surface area contributed by atoms with Gasteiger partial charge in [-0.1, -0.05) is 70.2 Å². The van der Waals surface area contributed by atoms with Gasteiger partial charge in [0.05, 0.1) is 38.7 Å². The molecule has 2 aromatic carbocycles. The summed E-state index contributed by atoms with van der Waals surface area (Å²) in [6.07, 6.45) is -0.838. The summed E-state index contributed by atoms with van der Waals surface area (Å²) in [6.45, 7) is 6.46. The molecule has 0 spiro atoms. The minimum absolute atomic E-state index is 0.0819. The number of amides is 12. The highest BCUT2D eigenvalue weighted by Crippen LogP contribution is 2.14. The standard InChI is InChI=1S/C59H87N13O22S/c1-27(2)45(72-58(92)46(28(3)4)71-56(90)42(26-75)70-53(87)39(23-44(79)80)65-49(83)35(60)22-43(77)78)57(91)62-29(5)47(81)61-30(6)48(82)64-36(18-19-95-8)50(84)68-40(24-73)54(88)67-38(21-33-14-16-34(76)17-15-33)52(86)69-41(25-74)55(89)66-37(20-32-12-10-9-11-13-32)51(85)63-31(7)59(93)94/h9-17,27-31,35-42,45-46,73-76H,18-26,60H2,1-8H3,(H,61,81)(H,62,91)(H,63,85)(H,64,82)(H,65,83)(H,66,89)(H,67,88)(H,68,84)(H,69,86)(H,70,87)(H,71,90)(H,72,92)(H,77,78)(H,79,80)(H,93,94)/t29-,30-,31-,35-,36-,37-,38-,39-,40-,41-,42-,45-,46-/m0/s1. The molecule has 526 valence electrons. The molecule has 0 bridgehead atoms. The number of carboxylic acid groups (broad SMARTS) is 3. The first-order valence-corrected chi connectivity index (χ1v) is 31.2. The predicted molar refractivity (Wildman–Crippen MR) is 336 cm³/mol. The Bertz CT molecular complexity index is 3020. The quantitative estimate of drug-likeness (QED) is 0.0294. The van der Waals surface area contributed by atoms with Crippen molar-refractivity contribution < 1.29 is 108 Å². The number of aliphatic hydroxyl groups is 3. The fraction of sp³-hybridized carbons (Fsp3) is 0.542. The van der Waals surface area contributed by atoms with E-state index in [-0.39, 0.29) is 30.8 Å². The van der Waals surface area contributed by atoms with Crippen LogP contribution in [0.25, 0.3) is 0 Å². The van der Waals surface area contributed by atoms with E-state index in [1.165, 1.54) is 84.5 Å². The first kappa shape index (κ1) is 81.6. The largest absolute Gasteiger partial charge is 0.508 e. The van der Waals surface area contributed by atoms with Gasteiger partial charge in [0, 0.05) is 12.8 Å². The molecule has 0 saturated carbocycles. The van der Waals surface area contributed by atoms with Crippen LogP contribution >= 0.6 is 11.8 Å². The van der Waals surface area contributed by atoms with Crippen molar-refractivity contribution in [3.63, 3.8) is 0 Å². The van der Waals surface area contributed by atoms with Crippen molar-refractivity contribution in [3.05, 3.63) is 65.7 Å². The minimum atomic E-state index is -1.91. The van der Waals surface area contributed by atoms with Crippen molar-refractivity contribution in [2.75, 3.05) is 31.8 Å². The molecule has 0 aromatic heterocycles. The SMILES string of the molecule is CSCC[C@H](NC(=O)[C@H](C)NC(=O)[C@H](C)NC(=O)[C@@H](NC(=O)[C@@H](NC(=O)[C@H](CO)NC(=O)[C@H](CC(=O)O)NC(=O)[C@@H](N)CC(=O)O)C(C)C)C(C)C)C(=O)N[C@@H](CO)C(=O)N[C@@H](Cc1ccc(O)cc1)C(=O)N[C@@H](CO)C(=O)N[C@@H](Cc1ccccc1)C(=O)N[C@@H](C)C(=O)O. The molecule has 0 aliphatic carbocycles. The summed E-state index contributed by atoms with van der Waals surface area (Å²) in [7, 11) is 0. The third kappa shape index (κ3) is 28.3. The fourth-order valence-electron chi connectivity index (χ4n) is 8.54. The zero-order valence-corrected chi connectivity index (χ0v) is 54.3. The molecule has 0 aliphatic rings. The van der Waals surface area contributed by atoms with E-state index in [1.54, 1.807) is 36.6 Å². The topological polar surface area (TPSA) is 568 Å². The van der Waals surface area contributed by atoms with E-state index in [9.17, 15) is 103 Å². The molecule has 0 aliphatic heterocycles. The number of phenolic OH excluding ortho intramolecular Hbond substituents is 1. The number of carboxylic acids is 3. The maximum Gasteiger partial charge on any atom is 0.325 e. The number of benzene rings is 2. The van der Waals surface area contributed by atoms with Crippen molar-refractivity contribution in [2.24, 2.45) is 17.6 Å². The number of carbonyl (C=O) groups excluding carboxylic acids is 12. The second-order valence-electron chi connectivity index (χ2n) is 22.6. The lowest BCUT2D eigenvalue weighted by molar-refractivity contribution is -0.142. The minimum Gasteiger partial charge on any atom is -0.508 e. The first-order chi connectivity index (χ1) is 44.6. The Labute approximate surface area is 550 Å². The number of hydrogen-bond acceptors (Lipinski definition) is 21. The van der Waals surface area contributed by atoms with Gasteiger partial charge in [0.15, 0.2) is 0 Å². The lowest BCUT2D eigenvalue weighted by Gasteiger charge is -2.29. The monoisotopic (exact) mass is 1360 g/mol. The smallest absolute Gasteiger partial charge is 0.325 e. The molecule has 0 unspecified atom stereocenters. The number of nitrogens with one attached hydrogen (secondary N) is 12. The van der Waals surface area contributed by atoms with Crippen molar-refractivity contribution in [1.29, 1.82) is 0 Å². The Morgan fingerprint density at radius 1 is 0.389 bits per heavy atom. The van der Waals surface area contributed by atoms with Gasteiger partial charge in [0.25, 0.3) is 0 Å². The zero-order valence-electron chi connectivity index (χ0n) is 53.5. The number of nitrogens with two attached hydrogens (primary N) is 1. The Kier molecular flexibility index (Phi) is 34.8. The molecule has 0 heterocycles. The van der Waals surface area contributed by atoms with E-state index in [0.717, 1.165) is 0 Å². The van der Waals surface area contributed by atoms with Gasteiger partial charge in [-0.25, -0.2) is 0 Å². The van der Waals surface area contributed by atoms with Crippen LogP contribution in [-0.4, -0.2) is 235 Å². The van der Waals surface area contributed by atoms with Crippen LogP contribution in [0.4, 0.5) is 0 Å². The number of aliphatic hydroxyl groups excluding tert-OH is 3. The average Bonchev–Trinajstić information content (AvgIpc) is 1.11. The maximum absolute atomic E-state index is 14.0. The van der Waals surface area contributed by atoms with Gasteiger partial charge in [-0.15, -0.1) is 0 Å². The fourth-order valence-corrected chi connectivity index (χ4v) is 9.01. The van der Waals surface area contributed by atoms with Crippen LogP contribution in [0, 0.1) is 11.8 Å². The van der Waals surface area contributed by atoms with Gasteiger partial charge in [0.1, 0.15) is 78.3 Å². The Morgan fingerprint density at radius 2 is 0.726 bits per heavy atom. The summed E-state index contributed by atoms with van der Waals surface area (Å²) in [5.41, 5.74) is 6.40. The molecule has 2 aromatic rings. The third-order valence-electron chi connectivity index (χ3n) is 14.1. The first-order valence-electron chi connectivity index (χ1n) is 29.8. The Morgan fingerprint density at radius 3 is 1.16 bits per heavy atom. The molecule has 12 amide bonds. The van der Waals surface area contributed by atoms with Crippen molar-refractivity contribution in [2.45, 2.75) is 159 Å². The van der Waals surface area contributed by atoms with E-state index >= 15 is 0 Å². The van der Waals surface area contributed by atoms with E-state index in [1.807, 2.05) is 5.32 Å². The highest BCUT2D eigenvalue weighted by molar-refractivity contribution is 7.98. The molecule has 95 heavy (non-hydrogen) atoms. The van der Waals surface area contributed by atoms with Crippen LogP contribution in [0.1, 0.15) is 78.9 Å². The zero-order chi connectivity index (χ0) is 72.0. The summed E-state index contributed by atoms with van der Waals surface area (Å²) in [6, 6.07) is -7.03. The van der Waals surface area contributed by atoms with Gasteiger partial charge in [-0.05, 0) is 74.3 Å². The molecular weight excluding hydrogens is 1270 g/mol. The summed E-state index contributed by atoms with van der Waals surface area (Å²) in [5, 5.41) is 96.3. The van der Waals surface area contributed by atoms with Gasteiger partial charge in [-0.2, -0.15) is 11.8 Å². The van der Waals surface area contributed by atoms with Crippen LogP contribution in [0.5, 0.6) is 5.75 Å². The molecule has 0 radical (unpaired) electrons. The maximum atomic E-state index is 14.0. The van der Waals surface area contributed by atoms with Crippen LogP contribution in [0.2, 0.25) is 0 Å². The molecule has 13 atom stereocenters. The molecule has 0 fully saturated rings. The number of aliphatic carboxylic acids is 3. The molecule has 0 saturated heterocycles. The van der Waals surface area contributed by atoms with Crippen LogP contribution < -0.4 is 69.5 Å². The normalized spacial score (nSPS) is 15.2. The van der Waals surface area contributed by atoms with Gasteiger partial charge < -0.3 is 105 Å². The summed E-state index contributed by atoms with van der Waals surface area (Å²) in [4.78, 5) is 196. The number of phenols is 1. The summed E-state index contributed by atoms with van der Waals surface area (Å²) >= 11 is 1.26. The molecular formula is C59H87N13O22S. The molecule has 21 N–H and O–H groups in total. The van der Waals surface area contributed by atoms with Crippen molar-refractivity contribution in [1.82, 2.24) is 63.8 Å². The second-order valence-corrected chi connectivity index (χ2v) is 23.6. The predicted octanol–water partition coefficient (Wildman–Crippen LogP) is -6.54. The number of hydrogen-bond donors (Lipinski definition) is 20. The molecule has 35 nitrogen and oxygen atoms in total. The Hall–Kier alpha value is -9.52. The highest BCUT2D eigenvalue weighted by atomic mass is 32.2. The van der Waals surface area contributed by atoms with Crippen LogP contribution in [0.15, 0.2) is 54.6 Å². The van der Waals surface area contributed by atoms with Gasteiger partial charge in [-0.3, -0.25) is 71.9 Å². The summed E-state index contributed by atoms with van der Waals surface area (Å²) in [5.74, 6) is -18.5. The average molecular weight is 1360 g/mol. The van der Waals surface area contributed by atoms with Crippen LogP contribution in [-0.2, 0) is 84.8 Å². The van der Waals surface area contributed by atoms with E-state index in [2.05, 4.69) is 58.5 Å². The lowest BCUT2D eigenvalue weighted by Crippen LogP contribution is -2.62. The van der Waals surface area contributed by atoms with E-state index in [0.29, 0.717) is 11.1 Å². The Balaban J connectivity index is 2.22. The lowest BCUT2D eigenvalue weighted by atomic mass is 9.99. The number of carbonyl (C=O) groups is 15. The second kappa shape index (κ2) is 40.6. The van der Waals surface area contributed by atoms with Gasteiger partial charge >= 0.3 is 17.9 Å².